The third-order valence-corrected chi connectivity index (χ3v) is 2.51. The van der Waals surface area contributed by atoms with Crippen molar-refractivity contribution in [1.82, 2.24) is 4.98 Å². The number of H-pyrrole nitrogens is 1. The number of aryl methyl sites for hydroxylation is 1. The molecular formula is C11H10ClNO. The van der Waals surface area contributed by atoms with Crippen molar-refractivity contribution in [2.75, 3.05) is 0 Å². The van der Waals surface area contributed by atoms with Crippen LogP contribution in [0.4, 0.5) is 0 Å². The van der Waals surface area contributed by atoms with Crippen molar-refractivity contribution < 1.29 is 0 Å². The minimum atomic E-state index is -0.0990. The van der Waals surface area contributed by atoms with Gasteiger partial charge < -0.3 is 4.98 Å². The molecule has 0 bridgehead atoms. The summed E-state index contributed by atoms with van der Waals surface area (Å²) >= 11 is 5.64. The maximum Gasteiger partial charge on any atom is 0.252 e. The summed E-state index contributed by atoms with van der Waals surface area (Å²) in [5.41, 5.74) is 2.51. The Balaban J connectivity index is 2.79. The van der Waals surface area contributed by atoms with Crippen molar-refractivity contribution in [1.29, 1.82) is 0 Å². The second kappa shape index (κ2) is 3.46. The van der Waals surface area contributed by atoms with Crippen LogP contribution in [0.3, 0.4) is 0 Å². The quantitative estimate of drug-likeness (QED) is 0.717. The van der Waals surface area contributed by atoms with E-state index in [1.807, 2.05) is 31.2 Å². The van der Waals surface area contributed by atoms with Gasteiger partial charge >= 0.3 is 0 Å². The van der Waals surface area contributed by atoms with Gasteiger partial charge in [-0.15, -0.1) is 11.6 Å². The van der Waals surface area contributed by atoms with Gasteiger partial charge in [0.25, 0.3) is 5.56 Å². The molecule has 0 unspecified atom stereocenters. The Hall–Kier alpha value is -1.28. The maximum atomic E-state index is 11.4. The predicted molar refractivity (Wildman–Crippen MR) is 58.9 cm³/mol. The number of fused-ring (bicyclic) bond motifs is 1. The Bertz CT molecular complexity index is 530. The van der Waals surface area contributed by atoms with Crippen LogP contribution in [0.25, 0.3) is 10.9 Å². The van der Waals surface area contributed by atoms with Crippen LogP contribution in [0.2, 0.25) is 0 Å². The summed E-state index contributed by atoms with van der Waals surface area (Å²) in [4.78, 5) is 14.2. The van der Waals surface area contributed by atoms with Crippen LogP contribution < -0.4 is 5.56 Å². The van der Waals surface area contributed by atoms with Gasteiger partial charge in [-0.2, -0.15) is 0 Å². The second-order valence-corrected chi connectivity index (χ2v) is 3.62. The zero-order chi connectivity index (χ0) is 10.1. The van der Waals surface area contributed by atoms with E-state index < -0.39 is 0 Å². The molecule has 0 saturated carbocycles. The lowest BCUT2D eigenvalue weighted by atomic mass is 10.1. The molecule has 0 radical (unpaired) electrons. The fourth-order valence-corrected chi connectivity index (χ4v) is 1.66. The average molecular weight is 208 g/mol. The number of rotatable bonds is 1. The van der Waals surface area contributed by atoms with Crippen LogP contribution in [0.5, 0.6) is 0 Å². The van der Waals surface area contributed by atoms with E-state index in [9.17, 15) is 4.79 Å². The molecule has 0 fully saturated rings. The Kier molecular flexibility index (Phi) is 2.30. The van der Waals surface area contributed by atoms with Gasteiger partial charge in [-0.3, -0.25) is 4.79 Å². The van der Waals surface area contributed by atoms with Crippen LogP contribution in [-0.2, 0) is 5.88 Å². The summed E-state index contributed by atoms with van der Waals surface area (Å²) in [5.74, 6) is 0.249. The summed E-state index contributed by atoms with van der Waals surface area (Å²) in [6, 6.07) is 7.78. The van der Waals surface area contributed by atoms with Gasteiger partial charge in [0.1, 0.15) is 0 Å². The number of aromatic nitrogens is 1. The van der Waals surface area contributed by atoms with Crippen LogP contribution in [0, 0.1) is 6.92 Å². The molecule has 3 heteroatoms. The molecule has 1 aromatic carbocycles. The number of hydrogen-bond donors (Lipinski definition) is 1. The number of alkyl halides is 1. The minimum Gasteiger partial charge on any atom is -0.322 e. The van der Waals surface area contributed by atoms with Crippen LogP contribution in [0.1, 0.15) is 11.1 Å². The Morgan fingerprint density at radius 3 is 2.86 bits per heavy atom. The number of nitrogens with one attached hydrogen (secondary N) is 1. The molecule has 0 spiro atoms. The van der Waals surface area contributed by atoms with Gasteiger partial charge in [-0.25, -0.2) is 0 Å². The minimum absolute atomic E-state index is 0.0990. The van der Waals surface area contributed by atoms with Crippen molar-refractivity contribution in [3.63, 3.8) is 0 Å². The Morgan fingerprint density at radius 1 is 1.36 bits per heavy atom. The standard InChI is InChI=1S/C11H10ClNO/c1-7-2-3-8-5-9(6-12)11(14)13-10(8)4-7/h2-5H,6H2,1H3,(H,13,14). The molecule has 1 N–H and O–H groups in total. The van der Waals surface area contributed by atoms with Crippen molar-refractivity contribution in [3.05, 3.63) is 45.7 Å². The zero-order valence-electron chi connectivity index (χ0n) is 7.80. The monoisotopic (exact) mass is 207 g/mol. The van der Waals surface area contributed by atoms with Gasteiger partial charge in [0.05, 0.1) is 5.88 Å². The van der Waals surface area contributed by atoms with E-state index in [0.717, 1.165) is 16.5 Å². The summed E-state index contributed by atoms with van der Waals surface area (Å²) in [7, 11) is 0. The van der Waals surface area contributed by atoms with E-state index in [1.54, 1.807) is 0 Å². The van der Waals surface area contributed by atoms with Gasteiger partial charge in [0, 0.05) is 11.1 Å². The van der Waals surface area contributed by atoms with E-state index in [1.165, 1.54) is 0 Å². The first-order valence-electron chi connectivity index (χ1n) is 4.39. The molecule has 0 saturated heterocycles. The smallest absolute Gasteiger partial charge is 0.252 e. The molecular weight excluding hydrogens is 198 g/mol. The highest BCUT2D eigenvalue weighted by Gasteiger charge is 2.01. The number of hydrogen-bond acceptors (Lipinski definition) is 1. The number of benzene rings is 1. The molecule has 72 valence electrons. The molecule has 2 aromatic rings. The third kappa shape index (κ3) is 1.53. The molecule has 0 aliphatic heterocycles. The molecule has 2 rings (SSSR count). The topological polar surface area (TPSA) is 32.9 Å². The first-order chi connectivity index (χ1) is 6.70. The third-order valence-electron chi connectivity index (χ3n) is 2.22. The van der Waals surface area contributed by atoms with Crippen molar-refractivity contribution in [3.8, 4) is 0 Å². The highest BCUT2D eigenvalue weighted by molar-refractivity contribution is 6.17. The molecule has 1 aromatic heterocycles. The highest BCUT2D eigenvalue weighted by Crippen LogP contribution is 2.13. The molecule has 14 heavy (non-hydrogen) atoms. The summed E-state index contributed by atoms with van der Waals surface area (Å²) in [6.45, 7) is 1.99. The van der Waals surface area contributed by atoms with Gasteiger partial charge in [0.2, 0.25) is 0 Å². The molecule has 0 aliphatic carbocycles. The summed E-state index contributed by atoms with van der Waals surface area (Å²) < 4.78 is 0. The largest absolute Gasteiger partial charge is 0.322 e. The Labute approximate surface area is 86.5 Å². The molecule has 0 atom stereocenters. The van der Waals surface area contributed by atoms with Gasteiger partial charge in [0.15, 0.2) is 0 Å². The maximum absolute atomic E-state index is 11.4. The fraction of sp³-hybridized carbons (Fsp3) is 0.182. The predicted octanol–water partition coefficient (Wildman–Crippen LogP) is 2.58. The normalized spacial score (nSPS) is 10.7. The van der Waals surface area contributed by atoms with E-state index in [-0.39, 0.29) is 11.4 Å². The average Bonchev–Trinajstić information content (AvgIpc) is 2.16. The van der Waals surface area contributed by atoms with E-state index in [2.05, 4.69) is 4.98 Å². The lowest BCUT2D eigenvalue weighted by molar-refractivity contribution is 1.21. The number of aromatic amines is 1. The number of halogens is 1. The number of pyridine rings is 1. The Morgan fingerprint density at radius 2 is 2.14 bits per heavy atom. The molecule has 1 heterocycles. The first kappa shape index (κ1) is 9.28. The van der Waals surface area contributed by atoms with Gasteiger partial charge in [-0.1, -0.05) is 12.1 Å². The van der Waals surface area contributed by atoms with Crippen molar-refractivity contribution in [2.45, 2.75) is 12.8 Å². The lowest BCUT2D eigenvalue weighted by Gasteiger charge is -2.01. The van der Waals surface area contributed by atoms with E-state index >= 15 is 0 Å². The van der Waals surface area contributed by atoms with Crippen LogP contribution in [0.15, 0.2) is 29.1 Å². The fourth-order valence-electron chi connectivity index (χ4n) is 1.46. The van der Waals surface area contributed by atoms with Crippen molar-refractivity contribution >= 4 is 22.5 Å². The zero-order valence-corrected chi connectivity index (χ0v) is 8.56. The molecule has 2 nitrogen and oxygen atoms in total. The van der Waals surface area contributed by atoms with E-state index in [4.69, 9.17) is 11.6 Å². The van der Waals surface area contributed by atoms with Crippen LogP contribution >= 0.6 is 11.6 Å². The summed E-state index contributed by atoms with van der Waals surface area (Å²) in [5, 5.41) is 1.02. The second-order valence-electron chi connectivity index (χ2n) is 3.35. The first-order valence-corrected chi connectivity index (χ1v) is 4.92. The van der Waals surface area contributed by atoms with E-state index in [0.29, 0.717) is 5.56 Å². The lowest BCUT2D eigenvalue weighted by Crippen LogP contribution is -2.10. The van der Waals surface area contributed by atoms with Crippen LogP contribution in [-0.4, -0.2) is 4.98 Å². The molecule has 0 aliphatic rings. The highest BCUT2D eigenvalue weighted by atomic mass is 35.5. The van der Waals surface area contributed by atoms with Crippen molar-refractivity contribution in [2.24, 2.45) is 0 Å². The SMILES string of the molecule is Cc1ccc2cc(CCl)c(=O)[nH]c2c1. The molecule has 0 amide bonds. The summed E-state index contributed by atoms with van der Waals surface area (Å²) in [6.07, 6.45) is 0. The van der Waals surface area contributed by atoms with Gasteiger partial charge in [-0.05, 0) is 30.0 Å².